The zero-order chi connectivity index (χ0) is 13.7. The molecule has 1 heterocycles. The number of benzene rings is 1. The van der Waals surface area contributed by atoms with E-state index >= 15 is 0 Å². The minimum atomic E-state index is 0.268. The van der Waals surface area contributed by atoms with Crippen LogP contribution in [0.4, 0.5) is 11.4 Å². The molecular weight excluding hydrogens is 258 g/mol. The first-order valence-electron chi connectivity index (χ1n) is 5.95. The lowest BCUT2D eigenvalue weighted by atomic mass is 10.2. The Bertz CT molecular complexity index is 586. The van der Waals surface area contributed by atoms with Crippen molar-refractivity contribution in [3.8, 4) is 5.75 Å². The van der Waals surface area contributed by atoms with Gasteiger partial charge in [0.05, 0.1) is 12.3 Å². The van der Waals surface area contributed by atoms with Crippen molar-refractivity contribution < 1.29 is 4.74 Å². The molecule has 0 aliphatic rings. The van der Waals surface area contributed by atoms with Gasteiger partial charge in [0.2, 0.25) is 0 Å². The van der Waals surface area contributed by atoms with E-state index in [1.165, 1.54) is 0 Å². The van der Waals surface area contributed by atoms with Crippen LogP contribution in [0.25, 0.3) is 0 Å². The Morgan fingerprint density at radius 2 is 2.21 bits per heavy atom. The van der Waals surface area contributed by atoms with E-state index in [-0.39, 0.29) is 4.99 Å². The molecule has 5 heteroatoms. The molecule has 0 fully saturated rings. The first-order chi connectivity index (χ1) is 9.20. The molecule has 19 heavy (non-hydrogen) atoms. The number of nitrogens with one attached hydrogen (secondary N) is 1. The number of hydrogen-bond acceptors (Lipinski definition) is 4. The molecule has 2 rings (SSSR count). The molecule has 0 atom stereocenters. The molecule has 4 nitrogen and oxygen atoms in total. The van der Waals surface area contributed by atoms with Gasteiger partial charge in [0, 0.05) is 18.0 Å². The lowest BCUT2D eigenvalue weighted by molar-refractivity contribution is 0.340. The van der Waals surface area contributed by atoms with Crippen LogP contribution in [0.2, 0.25) is 0 Å². The average molecular weight is 273 g/mol. The second-order valence-corrected chi connectivity index (χ2v) is 4.29. The van der Waals surface area contributed by atoms with Gasteiger partial charge in [0.15, 0.2) is 0 Å². The fourth-order valence-electron chi connectivity index (χ4n) is 1.69. The minimum Gasteiger partial charge on any atom is -0.494 e. The summed E-state index contributed by atoms with van der Waals surface area (Å²) in [5, 5.41) is 3.24. The number of thiocarbonyl (C=S) groups is 1. The van der Waals surface area contributed by atoms with E-state index in [0.29, 0.717) is 12.3 Å². The third kappa shape index (κ3) is 3.42. The topological polar surface area (TPSA) is 60.2 Å². The molecule has 0 radical (unpaired) electrons. The van der Waals surface area contributed by atoms with Crippen LogP contribution in [0.5, 0.6) is 5.75 Å². The van der Waals surface area contributed by atoms with Gasteiger partial charge in [-0.3, -0.25) is 4.98 Å². The lowest BCUT2D eigenvalue weighted by Crippen LogP contribution is -2.13. The SMILES string of the molecule is CCOc1cccc(Nc2cccnc2C(N)=S)c1. The van der Waals surface area contributed by atoms with Crippen molar-refractivity contribution in [2.24, 2.45) is 5.73 Å². The number of nitrogens with two attached hydrogens (primary N) is 1. The molecule has 0 bridgehead atoms. The van der Waals surface area contributed by atoms with Gasteiger partial charge < -0.3 is 15.8 Å². The van der Waals surface area contributed by atoms with Crippen LogP contribution < -0.4 is 15.8 Å². The van der Waals surface area contributed by atoms with Gasteiger partial charge in [-0.2, -0.15) is 0 Å². The highest BCUT2D eigenvalue weighted by atomic mass is 32.1. The second-order valence-electron chi connectivity index (χ2n) is 3.85. The largest absolute Gasteiger partial charge is 0.494 e. The van der Waals surface area contributed by atoms with Gasteiger partial charge >= 0.3 is 0 Å². The fraction of sp³-hybridized carbons (Fsp3) is 0.143. The van der Waals surface area contributed by atoms with Crippen molar-refractivity contribution in [1.82, 2.24) is 4.98 Å². The molecule has 0 spiro atoms. The van der Waals surface area contributed by atoms with E-state index in [2.05, 4.69) is 10.3 Å². The van der Waals surface area contributed by atoms with E-state index in [9.17, 15) is 0 Å². The predicted octanol–water partition coefficient (Wildman–Crippen LogP) is 2.86. The number of aromatic nitrogens is 1. The summed E-state index contributed by atoms with van der Waals surface area (Å²) in [6.07, 6.45) is 1.66. The van der Waals surface area contributed by atoms with E-state index in [1.807, 2.05) is 43.3 Å². The Morgan fingerprint density at radius 1 is 1.37 bits per heavy atom. The van der Waals surface area contributed by atoms with Crippen molar-refractivity contribution in [2.75, 3.05) is 11.9 Å². The zero-order valence-corrected chi connectivity index (χ0v) is 11.4. The summed E-state index contributed by atoms with van der Waals surface area (Å²) in [5.41, 5.74) is 7.91. The molecule has 1 aromatic carbocycles. The number of ether oxygens (including phenoxy) is 1. The number of hydrogen-bond donors (Lipinski definition) is 2. The van der Waals surface area contributed by atoms with Gasteiger partial charge in [0.25, 0.3) is 0 Å². The maximum atomic E-state index is 5.65. The molecule has 98 valence electrons. The van der Waals surface area contributed by atoms with Gasteiger partial charge in [-0.15, -0.1) is 0 Å². The number of anilines is 2. The first-order valence-corrected chi connectivity index (χ1v) is 6.36. The van der Waals surface area contributed by atoms with Gasteiger partial charge in [0.1, 0.15) is 16.4 Å². The lowest BCUT2D eigenvalue weighted by Gasteiger charge is -2.11. The molecule has 0 saturated carbocycles. The van der Waals surface area contributed by atoms with Gasteiger partial charge in [-0.05, 0) is 31.2 Å². The van der Waals surface area contributed by atoms with Crippen molar-refractivity contribution >= 4 is 28.6 Å². The highest BCUT2D eigenvalue weighted by Crippen LogP contribution is 2.23. The molecule has 0 saturated heterocycles. The summed E-state index contributed by atoms with van der Waals surface area (Å²) in [5.74, 6) is 0.813. The quantitative estimate of drug-likeness (QED) is 0.820. The maximum Gasteiger partial charge on any atom is 0.124 e. The Kier molecular flexibility index (Phi) is 4.30. The third-order valence-corrected chi connectivity index (χ3v) is 2.66. The minimum absolute atomic E-state index is 0.268. The predicted molar refractivity (Wildman–Crippen MR) is 81.0 cm³/mol. The summed E-state index contributed by atoms with van der Waals surface area (Å²) < 4.78 is 5.46. The molecule has 3 N–H and O–H groups in total. The molecule has 0 amide bonds. The fourth-order valence-corrected chi connectivity index (χ4v) is 1.85. The summed E-state index contributed by atoms with van der Waals surface area (Å²) in [4.78, 5) is 4.44. The molecule has 0 aliphatic carbocycles. The molecule has 1 aromatic heterocycles. The number of nitrogens with zero attached hydrogens (tertiary/aromatic N) is 1. The van der Waals surface area contributed by atoms with Crippen LogP contribution >= 0.6 is 12.2 Å². The molecule has 2 aromatic rings. The van der Waals surface area contributed by atoms with E-state index in [4.69, 9.17) is 22.7 Å². The molecule has 0 unspecified atom stereocenters. The highest BCUT2D eigenvalue weighted by molar-refractivity contribution is 7.80. The monoisotopic (exact) mass is 273 g/mol. The van der Waals surface area contributed by atoms with Crippen LogP contribution in [0, 0.1) is 0 Å². The summed E-state index contributed by atoms with van der Waals surface area (Å²) >= 11 is 4.98. The Morgan fingerprint density at radius 3 is 2.95 bits per heavy atom. The van der Waals surface area contributed by atoms with E-state index in [1.54, 1.807) is 6.20 Å². The van der Waals surface area contributed by atoms with Crippen LogP contribution in [-0.2, 0) is 0 Å². The zero-order valence-electron chi connectivity index (χ0n) is 10.6. The van der Waals surface area contributed by atoms with Crippen molar-refractivity contribution in [2.45, 2.75) is 6.92 Å². The van der Waals surface area contributed by atoms with Crippen molar-refractivity contribution in [1.29, 1.82) is 0 Å². The van der Waals surface area contributed by atoms with Gasteiger partial charge in [-0.25, -0.2) is 0 Å². The smallest absolute Gasteiger partial charge is 0.124 e. The average Bonchev–Trinajstić information content (AvgIpc) is 2.40. The number of rotatable bonds is 5. The van der Waals surface area contributed by atoms with Crippen molar-refractivity contribution in [3.63, 3.8) is 0 Å². The molecular formula is C14H15N3OS. The third-order valence-electron chi connectivity index (χ3n) is 2.47. The summed E-state index contributed by atoms with van der Waals surface area (Å²) in [6, 6.07) is 11.4. The number of pyridine rings is 1. The highest BCUT2D eigenvalue weighted by Gasteiger charge is 2.06. The van der Waals surface area contributed by atoms with Crippen LogP contribution in [0.15, 0.2) is 42.6 Å². The standard InChI is InChI=1S/C14H15N3OS/c1-2-18-11-6-3-5-10(9-11)17-12-7-4-8-16-13(12)14(15)19/h3-9,17H,2H2,1H3,(H2,15,19). The normalized spacial score (nSPS) is 9.95. The van der Waals surface area contributed by atoms with E-state index < -0.39 is 0 Å². The Balaban J connectivity index is 2.26. The maximum absolute atomic E-state index is 5.65. The second kappa shape index (κ2) is 6.15. The van der Waals surface area contributed by atoms with E-state index in [0.717, 1.165) is 17.1 Å². The summed E-state index contributed by atoms with van der Waals surface area (Å²) in [7, 11) is 0. The van der Waals surface area contributed by atoms with Crippen LogP contribution in [-0.4, -0.2) is 16.6 Å². The summed E-state index contributed by atoms with van der Waals surface area (Å²) in [6.45, 7) is 2.58. The van der Waals surface area contributed by atoms with Crippen LogP contribution in [0.3, 0.4) is 0 Å². The van der Waals surface area contributed by atoms with Gasteiger partial charge in [-0.1, -0.05) is 18.3 Å². The molecule has 0 aliphatic heterocycles. The first kappa shape index (κ1) is 13.3. The Hall–Kier alpha value is -2.14. The van der Waals surface area contributed by atoms with Crippen LogP contribution in [0.1, 0.15) is 12.6 Å². The van der Waals surface area contributed by atoms with Crippen molar-refractivity contribution in [3.05, 3.63) is 48.3 Å². The Labute approximate surface area is 117 Å².